The summed E-state index contributed by atoms with van der Waals surface area (Å²) in [4.78, 5) is 20.0. The van der Waals surface area contributed by atoms with Crippen LogP contribution in [0.1, 0.15) is 58.4 Å². The molecule has 2 aromatic heterocycles. The van der Waals surface area contributed by atoms with E-state index in [0.29, 0.717) is 6.42 Å². The molecule has 0 saturated carbocycles. The summed E-state index contributed by atoms with van der Waals surface area (Å²) >= 11 is 0. The molecule has 0 saturated heterocycles. The molecule has 0 radical (unpaired) electrons. The number of hydrogen-bond donors (Lipinski definition) is 0. The quantitative estimate of drug-likeness (QED) is 0.785. The first kappa shape index (κ1) is 17.3. The van der Waals surface area contributed by atoms with Crippen LogP contribution >= 0.6 is 0 Å². The van der Waals surface area contributed by atoms with E-state index in [9.17, 15) is 4.79 Å². The molecule has 2 aromatic rings. The minimum Gasteiger partial charge on any atom is -0.303 e. The molecule has 3 heteroatoms. The molecule has 0 amide bonds. The molecule has 2 heterocycles. The third kappa shape index (κ3) is 4.25. The first-order valence-corrected chi connectivity index (χ1v) is 8.03. The molecule has 0 fully saturated rings. The number of rotatable bonds is 3. The second-order valence-electron chi connectivity index (χ2n) is 8.03. The zero-order valence-electron chi connectivity index (χ0n) is 15.0. The Morgan fingerprint density at radius 3 is 2.09 bits per heavy atom. The van der Waals surface area contributed by atoms with E-state index < -0.39 is 0 Å². The molecule has 0 N–H and O–H groups in total. The number of aromatic nitrogens is 2. The average Bonchev–Trinajstić information content (AvgIpc) is 2.46. The van der Waals surface area contributed by atoms with Crippen molar-refractivity contribution in [1.82, 2.24) is 9.97 Å². The number of pyridine rings is 2. The van der Waals surface area contributed by atoms with Crippen LogP contribution in [0.25, 0.3) is 11.4 Å². The van der Waals surface area contributed by atoms with E-state index >= 15 is 0 Å². The molecular weight excluding hydrogens is 284 g/mol. The lowest BCUT2D eigenvalue weighted by molar-refractivity contribution is -0.107. The fourth-order valence-corrected chi connectivity index (χ4v) is 2.38. The first-order chi connectivity index (χ1) is 10.6. The van der Waals surface area contributed by atoms with Crippen LogP contribution in [0.4, 0.5) is 0 Å². The summed E-state index contributed by atoms with van der Waals surface area (Å²) < 4.78 is 0. The van der Waals surface area contributed by atoms with E-state index in [1.807, 2.05) is 18.3 Å². The molecule has 0 aliphatic rings. The van der Waals surface area contributed by atoms with Crippen molar-refractivity contribution < 1.29 is 4.79 Å². The normalized spacial score (nSPS) is 12.3. The molecule has 0 bridgehead atoms. The van der Waals surface area contributed by atoms with Crippen LogP contribution in [0.15, 0.2) is 30.5 Å². The van der Waals surface area contributed by atoms with Gasteiger partial charge in [-0.1, -0.05) is 41.5 Å². The Hall–Kier alpha value is -2.03. The Morgan fingerprint density at radius 2 is 1.52 bits per heavy atom. The minimum absolute atomic E-state index is 0.00301. The predicted octanol–water partition coefficient (Wildman–Crippen LogP) is 4.48. The third-order valence-electron chi connectivity index (χ3n) is 3.93. The Morgan fingerprint density at radius 1 is 0.913 bits per heavy atom. The Kier molecular flexibility index (Phi) is 4.69. The topological polar surface area (TPSA) is 42.9 Å². The van der Waals surface area contributed by atoms with Gasteiger partial charge in [-0.25, -0.2) is 0 Å². The summed E-state index contributed by atoms with van der Waals surface area (Å²) in [7, 11) is 0. The Labute approximate surface area is 139 Å². The molecule has 23 heavy (non-hydrogen) atoms. The standard InChI is InChI=1S/C20H26N2O/c1-19(2,3)14-7-9-21-17(12-14)18-13-15(20(4,5)6)11-16(22-18)8-10-23/h7,9-13H,8H2,1-6H3. The summed E-state index contributed by atoms with van der Waals surface area (Å²) in [6, 6.07) is 8.25. The van der Waals surface area contributed by atoms with Crippen molar-refractivity contribution >= 4 is 6.29 Å². The lowest BCUT2D eigenvalue weighted by Gasteiger charge is -2.22. The lowest BCUT2D eigenvalue weighted by Crippen LogP contribution is -2.13. The highest BCUT2D eigenvalue weighted by Crippen LogP contribution is 2.29. The van der Waals surface area contributed by atoms with Crippen molar-refractivity contribution in [3.05, 3.63) is 47.3 Å². The molecule has 0 atom stereocenters. The number of hydrogen-bond acceptors (Lipinski definition) is 3. The van der Waals surface area contributed by atoms with Crippen LogP contribution in [0.5, 0.6) is 0 Å². The maximum Gasteiger partial charge on any atom is 0.125 e. The number of nitrogens with zero attached hydrogens (tertiary/aromatic N) is 2. The van der Waals surface area contributed by atoms with Gasteiger partial charge < -0.3 is 4.79 Å². The van der Waals surface area contributed by atoms with E-state index in [1.54, 1.807) is 0 Å². The van der Waals surface area contributed by atoms with Crippen molar-refractivity contribution in [3.8, 4) is 11.4 Å². The minimum atomic E-state index is -0.00301. The van der Waals surface area contributed by atoms with Crippen molar-refractivity contribution in [3.63, 3.8) is 0 Å². The molecule has 2 rings (SSSR count). The Balaban J connectivity index is 2.58. The van der Waals surface area contributed by atoms with E-state index in [1.165, 1.54) is 11.1 Å². The summed E-state index contributed by atoms with van der Waals surface area (Å²) in [5.74, 6) is 0. The highest BCUT2D eigenvalue weighted by atomic mass is 16.1. The van der Waals surface area contributed by atoms with E-state index in [0.717, 1.165) is 23.4 Å². The van der Waals surface area contributed by atoms with Crippen LogP contribution in [0.2, 0.25) is 0 Å². The molecule has 122 valence electrons. The van der Waals surface area contributed by atoms with Gasteiger partial charge in [-0.3, -0.25) is 9.97 Å². The molecule has 0 aliphatic carbocycles. The maximum absolute atomic E-state index is 10.9. The molecule has 0 aliphatic heterocycles. The van der Waals surface area contributed by atoms with Crippen molar-refractivity contribution in [2.75, 3.05) is 0 Å². The largest absolute Gasteiger partial charge is 0.303 e. The van der Waals surface area contributed by atoms with Gasteiger partial charge in [0.15, 0.2) is 0 Å². The number of aldehydes is 1. The molecule has 3 nitrogen and oxygen atoms in total. The average molecular weight is 310 g/mol. The highest BCUT2D eigenvalue weighted by Gasteiger charge is 2.19. The van der Waals surface area contributed by atoms with Gasteiger partial charge in [-0.05, 0) is 46.2 Å². The predicted molar refractivity (Wildman–Crippen MR) is 94.6 cm³/mol. The van der Waals surface area contributed by atoms with Crippen LogP contribution < -0.4 is 0 Å². The van der Waals surface area contributed by atoms with Gasteiger partial charge in [0.25, 0.3) is 0 Å². The lowest BCUT2D eigenvalue weighted by atomic mass is 9.85. The number of carbonyl (C=O) groups is 1. The van der Waals surface area contributed by atoms with E-state index in [-0.39, 0.29) is 10.8 Å². The van der Waals surface area contributed by atoms with Crippen molar-refractivity contribution in [2.45, 2.75) is 58.8 Å². The SMILES string of the molecule is CC(C)(C)c1ccnc(-c2cc(C(C)(C)C)cc(CC=O)n2)c1. The maximum atomic E-state index is 10.9. The summed E-state index contributed by atoms with van der Waals surface area (Å²) in [5, 5.41) is 0. The number of carbonyl (C=O) groups excluding carboxylic acids is 1. The van der Waals surface area contributed by atoms with Gasteiger partial charge in [0, 0.05) is 18.3 Å². The van der Waals surface area contributed by atoms with Gasteiger partial charge in [0.2, 0.25) is 0 Å². The second kappa shape index (κ2) is 6.23. The summed E-state index contributed by atoms with van der Waals surface area (Å²) in [6.07, 6.45) is 3.06. The van der Waals surface area contributed by atoms with Crippen LogP contribution in [-0.2, 0) is 22.0 Å². The zero-order valence-corrected chi connectivity index (χ0v) is 15.0. The fraction of sp³-hybridized carbons (Fsp3) is 0.450. The van der Waals surface area contributed by atoms with Gasteiger partial charge in [0.1, 0.15) is 6.29 Å². The highest BCUT2D eigenvalue weighted by molar-refractivity contribution is 5.60. The third-order valence-corrected chi connectivity index (χ3v) is 3.93. The first-order valence-electron chi connectivity index (χ1n) is 8.03. The monoisotopic (exact) mass is 310 g/mol. The molecule has 0 spiro atoms. The van der Waals surface area contributed by atoms with Gasteiger partial charge in [-0.2, -0.15) is 0 Å². The van der Waals surface area contributed by atoms with Crippen LogP contribution in [0, 0.1) is 0 Å². The molecule has 0 aromatic carbocycles. The Bertz CT molecular complexity index is 706. The summed E-state index contributed by atoms with van der Waals surface area (Å²) in [5.41, 5.74) is 4.94. The zero-order chi connectivity index (χ0) is 17.3. The van der Waals surface area contributed by atoms with Gasteiger partial charge >= 0.3 is 0 Å². The second-order valence-corrected chi connectivity index (χ2v) is 8.03. The smallest absolute Gasteiger partial charge is 0.125 e. The molecule has 0 unspecified atom stereocenters. The van der Waals surface area contributed by atoms with E-state index in [2.05, 4.69) is 63.6 Å². The fourth-order valence-electron chi connectivity index (χ4n) is 2.38. The molecular formula is C20H26N2O. The summed E-state index contributed by atoms with van der Waals surface area (Å²) in [6.45, 7) is 13.0. The van der Waals surface area contributed by atoms with Crippen LogP contribution in [0.3, 0.4) is 0 Å². The van der Waals surface area contributed by atoms with E-state index in [4.69, 9.17) is 0 Å². The van der Waals surface area contributed by atoms with Crippen molar-refractivity contribution in [2.24, 2.45) is 0 Å². The van der Waals surface area contributed by atoms with Crippen LogP contribution in [-0.4, -0.2) is 16.3 Å². The van der Waals surface area contributed by atoms with Gasteiger partial charge in [-0.15, -0.1) is 0 Å². The van der Waals surface area contributed by atoms with Crippen molar-refractivity contribution in [1.29, 1.82) is 0 Å². The van der Waals surface area contributed by atoms with Gasteiger partial charge in [0.05, 0.1) is 11.4 Å².